The molecule has 1 heterocycles. The molecule has 3 aromatic carbocycles. The maximum atomic E-state index is 13.2. The van der Waals surface area contributed by atoms with E-state index >= 15 is 0 Å². The molecule has 0 aromatic heterocycles. The first-order valence-corrected chi connectivity index (χ1v) is 12.1. The van der Waals surface area contributed by atoms with Crippen LogP contribution in [0.1, 0.15) is 11.1 Å². The van der Waals surface area contributed by atoms with Crippen LogP contribution in [-0.4, -0.2) is 22.8 Å². The third kappa shape index (κ3) is 5.48. The highest BCUT2D eigenvalue weighted by Crippen LogP contribution is 2.36. The summed E-state index contributed by atoms with van der Waals surface area (Å²) in [6.45, 7) is 0.0572. The Morgan fingerprint density at radius 1 is 1.06 bits per heavy atom. The van der Waals surface area contributed by atoms with Gasteiger partial charge in [-0.15, -0.1) is 0 Å². The van der Waals surface area contributed by atoms with Crippen LogP contribution in [0.4, 0.5) is 16.2 Å². The van der Waals surface area contributed by atoms with Gasteiger partial charge in [0.25, 0.3) is 17.5 Å². The summed E-state index contributed by atoms with van der Waals surface area (Å²) in [6.07, 6.45) is 1.32. The number of anilines is 1. The first-order valence-electron chi connectivity index (χ1n) is 10.2. The molecule has 0 aliphatic carbocycles. The van der Waals surface area contributed by atoms with Crippen LogP contribution in [0.3, 0.4) is 0 Å². The molecule has 0 bridgehead atoms. The Kier molecular flexibility index (Phi) is 7.53. The first kappa shape index (κ1) is 25.5. The normalized spacial score (nSPS) is 14.7. The summed E-state index contributed by atoms with van der Waals surface area (Å²) in [5.74, 6) is -1.38. The molecule has 0 spiro atoms. The molecule has 0 atom stereocenters. The lowest BCUT2D eigenvalue weighted by Gasteiger charge is -2.26. The van der Waals surface area contributed by atoms with E-state index in [1.165, 1.54) is 30.3 Å². The van der Waals surface area contributed by atoms with Crippen molar-refractivity contribution in [2.24, 2.45) is 0 Å². The summed E-state index contributed by atoms with van der Waals surface area (Å²) >= 11 is 12.8. The van der Waals surface area contributed by atoms with E-state index in [0.29, 0.717) is 30.8 Å². The van der Waals surface area contributed by atoms with Gasteiger partial charge in [0.05, 0.1) is 15.1 Å². The molecule has 182 valence electrons. The number of amides is 4. The number of benzene rings is 3. The summed E-state index contributed by atoms with van der Waals surface area (Å²) in [5, 5.41) is 13.4. The molecule has 1 fully saturated rings. The minimum atomic E-state index is -0.894. The molecule has 4 amide bonds. The summed E-state index contributed by atoms with van der Waals surface area (Å²) in [5.41, 5.74) is 0.901. The Balaban J connectivity index is 1.68. The van der Waals surface area contributed by atoms with Crippen LogP contribution < -0.4 is 15.0 Å². The Labute approximate surface area is 226 Å². The van der Waals surface area contributed by atoms with Crippen LogP contribution in [-0.2, 0) is 16.2 Å². The zero-order chi connectivity index (χ0) is 26.0. The van der Waals surface area contributed by atoms with Gasteiger partial charge >= 0.3 is 6.03 Å². The van der Waals surface area contributed by atoms with E-state index in [0.717, 1.165) is 4.90 Å². The van der Waals surface area contributed by atoms with Crippen molar-refractivity contribution in [3.05, 3.63) is 101 Å². The largest absolute Gasteiger partial charge is 0.487 e. The second kappa shape index (κ2) is 10.6. The summed E-state index contributed by atoms with van der Waals surface area (Å²) in [4.78, 5) is 49.5. The monoisotopic (exact) mass is 633 g/mol. The smallest absolute Gasteiger partial charge is 0.335 e. The van der Waals surface area contributed by atoms with Crippen molar-refractivity contribution in [2.75, 3.05) is 4.90 Å². The molecule has 4 rings (SSSR count). The minimum Gasteiger partial charge on any atom is -0.487 e. The van der Waals surface area contributed by atoms with Gasteiger partial charge < -0.3 is 4.74 Å². The van der Waals surface area contributed by atoms with Gasteiger partial charge in [0.2, 0.25) is 0 Å². The number of hydrogen-bond donors (Lipinski definition) is 1. The number of non-ortho nitro benzene ring substituents is 1. The number of imide groups is 2. The maximum Gasteiger partial charge on any atom is 0.335 e. The van der Waals surface area contributed by atoms with Crippen molar-refractivity contribution in [3.63, 3.8) is 0 Å². The highest BCUT2D eigenvalue weighted by Gasteiger charge is 2.37. The fourth-order valence-corrected chi connectivity index (χ4v) is 4.93. The van der Waals surface area contributed by atoms with Crippen molar-refractivity contribution in [1.29, 1.82) is 0 Å². The third-order valence-corrected chi connectivity index (χ3v) is 6.32. The van der Waals surface area contributed by atoms with Crippen molar-refractivity contribution in [1.82, 2.24) is 5.32 Å². The lowest BCUT2D eigenvalue weighted by Crippen LogP contribution is -2.54. The van der Waals surface area contributed by atoms with E-state index < -0.39 is 22.8 Å². The summed E-state index contributed by atoms with van der Waals surface area (Å²) in [7, 11) is 0. The number of nitro groups is 1. The topological polar surface area (TPSA) is 119 Å². The van der Waals surface area contributed by atoms with E-state index in [-0.39, 0.29) is 23.6 Å². The fourth-order valence-electron chi connectivity index (χ4n) is 3.37. The van der Waals surface area contributed by atoms with Crippen molar-refractivity contribution >= 4 is 78.8 Å². The fraction of sp³-hybridized carbons (Fsp3) is 0.0417. The van der Waals surface area contributed by atoms with Crippen LogP contribution >= 0.6 is 43.5 Å². The number of carbonyl (C=O) groups excluding carboxylic acids is 3. The Bertz CT molecular complexity index is 1440. The van der Waals surface area contributed by atoms with E-state index in [1.54, 1.807) is 36.4 Å². The summed E-state index contributed by atoms with van der Waals surface area (Å²) < 4.78 is 7.11. The van der Waals surface area contributed by atoms with E-state index in [4.69, 9.17) is 16.3 Å². The Hall–Kier alpha value is -3.54. The molecule has 12 heteroatoms. The molecule has 0 radical (unpaired) electrons. The van der Waals surface area contributed by atoms with Gasteiger partial charge in [-0.3, -0.25) is 25.0 Å². The lowest BCUT2D eigenvalue weighted by molar-refractivity contribution is -0.384. The predicted molar refractivity (Wildman–Crippen MR) is 140 cm³/mol. The number of nitro benzene ring substituents is 1. The molecule has 1 aliphatic heterocycles. The minimum absolute atomic E-state index is 0.0466. The van der Waals surface area contributed by atoms with Gasteiger partial charge in [-0.1, -0.05) is 33.6 Å². The molecular weight excluding hydrogens is 622 g/mol. The quantitative estimate of drug-likeness (QED) is 0.153. The molecule has 0 unspecified atom stereocenters. The van der Waals surface area contributed by atoms with Crippen LogP contribution in [0, 0.1) is 10.1 Å². The highest BCUT2D eigenvalue weighted by molar-refractivity contribution is 9.11. The second-order valence-electron chi connectivity index (χ2n) is 7.46. The average molecular weight is 636 g/mol. The number of hydrogen-bond acceptors (Lipinski definition) is 6. The number of rotatable bonds is 6. The SMILES string of the molecule is O=C1NC(=O)N(c2cccc(Cl)c2)C(=O)/C1=C/c1cc(Br)cc(Br)c1OCc1ccc([N+](=O)[O-])cc1. The van der Waals surface area contributed by atoms with Gasteiger partial charge in [-0.05, 0) is 70.0 Å². The number of carbonyl (C=O) groups is 3. The van der Waals surface area contributed by atoms with Gasteiger partial charge in [-0.25, -0.2) is 9.69 Å². The van der Waals surface area contributed by atoms with E-state index in [9.17, 15) is 24.5 Å². The molecule has 36 heavy (non-hydrogen) atoms. The number of nitrogens with zero attached hydrogens (tertiary/aromatic N) is 2. The van der Waals surface area contributed by atoms with Gasteiger partial charge in [0.15, 0.2) is 0 Å². The Morgan fingerprint density at radius 2 is 1.78 bits per heavy atom. The zero-order valence-corrected chi connectivity index (χ0v) is 22.0. The molecule has 1 aliphatic rings. The molecule has 0 saturated carbocycles. The van der Waals surface area contributed by atoms with Crippen LogP contribution in [0.25, 0.3) is 6.08 Å². The van der Waals surface area contributed by atoms with E-state index in [1.807, 2.05) is 0 Å². The first-order chi connectivity index (χ1) is 17.1. The van der Waals surface area contributed by atoms with Crippen LogP contribution in [0.5, 0.6) is 5.75 Å². The van der Waals surface area contributed by atoms with Crippen LogP contribution in [0.2, 0.25) is 5.02 Å². The maximum absolute atomic E-state index is 13.2. The van der Waals surface area contributed by atoms with Crippen LogP contribution in [0.15, 0.2) is 75.2 Å². The number of halogens is 3. The number of urea groups is 1. The van der Waals surface area contributed by atoms with E-state index in [2.05, 4.69) is 37.2 Å². The van der Waals surface area contributed by atoms with Crippen molar-refractivity contribution in [3.8, 4) is 5.75 Å². The van der Waals surface area contributed by atoms with Crippen molar-refractivity contribution < 1.29 is 24.0 Å². The predicted octanol–water partition coefficient (Wildman–Crippen LogP) is 6.02. The molecule has 9 nitrogen and oxygen atoms in total. The zero-order valence-electron chi connectivity index (χ0n) is 18.0. The molecule has 1 N–H and O–H groups in total. The lowest BCUT2D eigenvalue weighted by atomic mass is 10.1. The third-order valence-electron chi connectivity index (χ3n) is 5.04. The summed E-state index contributed by atoms with van der Waals surface area (Å²) in [6, 6.07) is 14.4. The molecular formula is C24H14Br2ClN3O6. The van der Waals surface area contributed by atoms with Crippen molar-refractivity contribution in [2.45, 2.75) is 6.61 Å². The van der Waals surface area contributed by atoms with Gasteiger partial charge in [0.1, 0.15) is 17.9 Å². The number of barbiturate groups is 1. The molecule has 1 saturated heterocycles. The standard InChI is InChI=1S/C24H14Br2ClN3O6/c25-15-8-14(21(20(26)10-15)36-12-13-4-6-17(7-5-13)30(34)35)9-19-22(31)28-24(33)29(23(19)32)18-3-1-2-16(27)11-18/h1-11H,12H2,(H,28,31,33)/b19-9+. The highest BCUT2D eigenvalue weighted by atomic mass is 79.9. The second-order valence-corrected chi connectivity index (χ2v) is 9.66. The van der Waals surface area contributed by atoms with Gasteiger partial charge in [-0.2, -0.15) is 0 Å². The average Bonchev–Trinajstić information content (AvgIpc) is 2.81. The molecule has 3 aromatic rings. The van der Waals surface area contributed by atoms with Gasteiger partial charge in [0, 0.05) is 27.2 Å². The number of nitrogens with one attached hydrogen (secondary N) is 1. The Morgan fingerprint density at radius 3 is 2.44 bits per heavy atom. The number of ether oxygens (including phenoxy) is 1.